The van der Waals surface area contributed by atoms with Crippen LogP contribution in [0.2, 0.25) is 0 Å². The molecule has 0 N–H and O–H groups in total. The average Bonchev–Trinajstić information content (AvgIpc) is 1.89. The van der Waals surface area contributed by atoms with Crippen molar-refractivity contribution in [1.29, 1.82) is 0 Å². The van der Waals surface area contributed by atoms with Gasteiger partial charge >= 0.3 is 23.9 Å². The molecule has 6 nitrogen and oxygen atoms in total. The van der Waals surface area contributed by atoms with E-state index in [-0.39, 0.29) is 23.9 Å². The summed E-state index contributed by atoms with van der Waals surface area (Å²) in [6, 6.07) is 0. The standard InChI is InChI=1S/2BFO3.Sn/c2*2-5-1(3)4;/q2*-2;+4. The van der Waals surface area contributed by atoms with Gasteiger partial charge in [-0.05, 0) is 0 Å². The van der Waals surface area contributed by atoms with Gasteiger partial charge in [0.05, 0.1) is 0 Å². The van der Waals surface area contributed by atoms with Crippen molar-refractivity contribution in [1.82, 2.24) is 0 Å². The van der Waals surface area contributed by atoms with Crippen LogP contribution in [0.3, 0.4) is 0 Å². The molecule has 0 aliphatic heterocycles. The molecule has 0 aromatic heterocycles. The molecule has 0 radical (unpaired) electrons. The van der Waals surface area contributed by atoms with E-state index in [1.807, 2.05) is 0 Å². The molecular formula is B2F2O6Sn. The van der Waals surface area contributed by atoms with Crippen LogP contribution in [0.4, 0.5) is 9.05 Å². The molecule has 0 fully saturated rings. The van der Waals surface area contributed by atoms with Gasteiger partial charge in [0, 0.05) is 0 Å². The van der Waals surface area contributed by atoms with Crippen LogP contribution in [0.5, 0.6) is 0 Å². The van der Waals surface area contributed by atoms with E-state index < -0.39 is 14.6 Å². The first-order valence-electron chi connectivity index (χ1n) is 1.72. The third-order valence-electron chi connectivity index (χ3n) is 0.145. The molecule has 11 heteroatoms. The number of rotatable bonds is 2. The third-order valence-corrected chi connectivity index (χ3v) is 0.145. The van der Waals surface area contributed by atoms with Crippen LogP contribution in [-0.2, 0) is 9.72 Å². The van der Waals surface area contributed by atoms with Gasteiger partial charge in [-0.25, -0.2) is 0 Å². The summed E-state index contributed by atoms with van der Waals surface area (Å²) in [5.74, 6) is 0. The second kappa shape index (κ2) is 13.2. The second-order valence-corrected chi connectivity index (χ2v) is 0.756. The van der Waals surface area contributed by atoms with Crippen LogP contribution < -0.4 is 20.1 Å². The van der Waals surface area contributed by atoms with Crippen molar-refractivity contribution >= 4 is 38.6 Å². The van der Waals surface area contributed by atoms with E-state index in [1.165, 1.54) is 0 Å². The SMILES string of the molecule is [O-]B([O-])OF.[O-]B([O-])OF.[Sn+4]. The minimum atomic E-state index is -2.78. The summed E-state index contributed by atoms with van der Waals surface area (Å²) in [4.78, 5) is 4.28. The molecule has 0 aliphatic rings. The van der Waals surface area contributed by atoms with Gasteiger partial charge in [-0.15, -0.1) is 0 Å². The predicted octanol–water partition coefficient (Wildman–Crippen LogP) is -5.19. The summed E-state index contributed by atoms with van der Waals surface area (Å²) >= 11 is 0. The van der Waals surface area contributed by atoms with E-state index in [0.717, 1.165) is 0 Å². The molecular weight excluding hydrogens is 274 g/mol. The van der Waals surface area contributed by atoms with Crippen molar-refractivity contribution in [2.24, 2.45) is 0 Å². The Labute approximate surface area is 77.8 Å². The molecule has 0 unspecified atom stereocenters. The zero-order valence-electron chi connectivity index (χ0n) is 4.86. The molecule has 0 aromatic rings. The molecule has 0 atom stereocenters. The first-order valence-corrected chi connectivity index (χ1v) is 1.72. The first kappa shape index (κ1) is 17.6. The maximum absolute atomic E-state index is 9.99. The maximum Gasteiger partial charge on any atom is 4.00 e. The van der Waals surface area contributed by atoms with Crippen molar-refractivity contribution < 1.29 is 38.9 Å². The van der Waals surface area contributed by atoms with Crippen molar-refractivity contribution in [2.75, 3.05) is 0 Å². The van der Waals surface area contributed by atoms with Crippen molar-refractivity contribution in [2.45, 2.75) is 0 Å². The Kier molecular flexibility index (Phi) is 21.0. The Morgan fingerprint density at radius 1 is 0.818 bits per heavy atom. The molecule has 0 heterocycles. The van der Waals surface area contributed by atoms with Crippen LogP contribution in [0.1, 0.15) is 0 Å². The fourth-order valence-corrected chi connectivity index (χ4v) is 0. The van der Waals surface area contributed by atoms with Gasteiger partial charge < -0.3 is 29.8 Å². The summed E-state index contributed by atoms with van der Waals surface area (Å²) in [5.41, 5.74) is 0. The summed E-state index contributed by atoms with van der Waals surface area (Å²) in [6.45, 7) is 0. The Balaban J connectivity index is -0.000000107. The molecule has 0 aliphatic carbocycles. The molecule has 0 rings (SSSR count). The van der Waals surface area contributed by atoms with Gasteiger partial charge in [0.1, 0.15) is 14.6 Å². The minimum absolute atomic E-state index is 0. The Hall–Kier alpha value is 0.549. The Bertz CT molecular complexity index is 54.5. The third kappa shape index (κ3) is 37.3. The van der Waals surface area contributed by atoms with Gasteiger partial charge in [0.15, 0.2) is 0 Å². The summed E-state index contributed by atoms with van der Waals surface area (Å²) in [5, 5.41) is 35.0. The van der Waals surface area contributed by atoms with Crippen LogP contribution >= 0.6 is 0 Å². The number of halogens is 2. The van der Waals surface area contributed by atoms with Gasteiger partial charge in [-0.3, -0.25) is 0 Å². The first-order chi connectivity index (χ1) is 4.54. The molecule has 0 saturated heterocycles. The normalized spacial score (nSPS) is 7.09. The van der Waals surface area contributed by atoms with Crippen LogP contribution in [0, 0.1) is 0 Å². The van der Waals surface area contributed by atoms with Crippen LogP contribution in [-0.4, -0.2) is 38.6 Å². The molecule has 0 bridgehead atoms. The Morgan fingerprint density at radius 3 is 0.909 bits per heavy atom. The van der Waals surface area contributed by atoms with Gasteiger partial charge in [-0.1, -0.05) is 9.05 Å². The summed E-state index contributed by atoms with van der Waals surface area (Å²) < 4.78 is 20.0. The maximum atomic E-state index is 9.99. The molecule has 60 valence electrons. The molecule has 0 saturated carbocycles. The molecule has 0 amide bonds. The molecule has 0 aromatic carbocycles. The predicted molar refractivity (Wildman–Crippen MR) is 21.6 cm³/mol. The van der Waals surface area contributed by atoms with E-state index in [9.17, 15) is 9.05 Å². The zero-order chi connectivity index (χ0) is 8.57. The quantitative estimate of drug-likeness (QED) is 0.465. The van der Waals surface area contributed by atoms with E-state index in [1.54, 1.807) is 0 Å². The van der Waals surface area contributed by atoms with Crippen LogP contribution in [0.25, 0.3) is 0 Å². The fraction of sp³-hybridized carbons (Fsp3) is 0. The summed E-state index contributed by atoms with van der Waals surface area (Å²) in [6.07, 6.45) is 0. The number of hydrogen-bond donors (Lipinski definition) is 0. The van der Waals surface area contributed by atoms with Gasteiger partial charge in [0.2, 0.25) is 0 Å². The van der Waals surface area contributed by atoms with E-state index >= 15 is 0 Å². The largest absolute Gasteiger partial charge is 4.00 e. The van der Waals surface area contributed by atoms with Crippen LogP contribution in [0.15, 0.2) is 0 Å². The van der Waals surface area contributed by atoms with Crippen molar-refractivity contribution in [3.8, 4) is 0 Å². The molecule has 11 heavy (non-hydrogen) atoms. The van der Waals surface area contributed by atoms with E-state index in [2.05, 4.69) is 9.72 Å². The van der Waals surface area contributed by atoms with Crippen molar-refractivity contribution in [3.05, 3.63) is 0 Å². The molecule has 0 spiro atoms. The summed E-state index contributed by atoms with van der Waals surface area (Å²) in [7, 11) is -5.56. The average molecular weight is 274 g/mol. The second-order valence-electron chi connectivity index (χ2n) is 0.756. The smallest absolute Gasteiger partial charge is 0.868 e. The monoisotopic (exact) mass is 276 g/mol. The zero-order valence-corrected chi connectivity index (χ0v) is 7.71. The van der Waals surface area contributed by atoms with Gasteiger partial charge in [0.25, 0.3) is 0 Å². The number of hydrogen-bond acceptors (Lipinski definition) is 6. The minimum Gasteiger partial charge on any atom is -0.868 e. The van der Waals surface area contributed by atoms with Gasteiger partial charge in [-0.2, -0.15) is 0 Å². The topological polar surface area (TPSA) is 111 Å². The Morgan fingerprint density at radius 2 is 0.909 bits per heavy atom. The van der Waals surface area contributed by atoms with E-state index in [4.69, 9.17) is 20.1 Å². The fourth-order valence-electron chi connectivity index (χ4n) is 0. The van der Waals surface area contributed by atoms with E-state index in [0.29, 0.717) is 0 Å². The van der Waals surface area contributed by atoms with Crippen molar-refractivity contribution in [3.63, 3.8) is 0 Å².